The Hall–Kier alpha value is -1.02. The lowest BCUT2D eigenvalue weighted by atomic mass is 9.57. The monoisotopic (exact) mass is 259 g/mol. The number of hydrogen-bond donors (Lipinski definition) is 1. The van der Waals surface area contributed by atoms with Crippen molar-refractivity contribution >= 4 is 0 Å². The van der Waals surface area contributed by atoms with Crippen molar-refractivity contribution in [3.63, 3.8) is 0 Å². The fourth-order valence-electron chi connectivity index (χ4n) is 4.27. The first-order chi connectivity index (χ1) is 9.24. The van der Waals surface area contributed by atoms with Crippen LogP contribution in [0.15, 0.2) is 24.3 Å². The zero-order valence-electron chi connectivity index (χ0n) is 12.1. The highest BCUT2D eigenvalue weighted by Crippen LogP contribution is 2.49. The summed E-state index contributed by atoms with van der Waals surface area (Å²) < 4.78 is 5.43. The molecule has 2 fully saturated rings. The summed E-state index contributed by atoms with van der Waals surface area (Å²) in [6, 6.07) is 8.80. The zero-order chi connectivity index (χ0) is 13.3. The van der Waals surface area contributed by atoms with Crippen molar-refractivity contribution in [2.45, 2.75) is 38.0 Å². The molecule has 2 nitrogen and oxygen atoms in total. The fraction of sp³-hybridized carbons (Fsp3) is 0.647. The Kier molecular flexibility index (Phi) is 3.53. The Morgan fingerprint density at radius 2 is 2.21 bits per heavy atom. The van der Waals surface area contributed by atoms with Crippen LogP contribution in [-0.2, 0) is 5.41 Å². The van der Waals surface area contributed by atoms with Crippen LogP contribution in [0, 0.1) is 11.8 Å². The molecule has 2 aliphatic rings. The van der Waals surface area contributed by atoms with Gasteiger partial charge in [-0.25, -0.2) is 0 Å². The molecule has 1 N–H and O–H groups in total. The molecule has 0 radical (unpaired) electrons. The molecule has 0 bridgehead atoms. The Labute approximate surface area is 116 Å². The molecule has 1 aliphatic carbocycles. The first-order valence-corrected chi connectivity index (χ1v) is 7.60. The van der Waals surface area contributed by atoms with Gasteiger partial charge in [0.1, 0.15) is 5.75 Å². The third-order valence-electron chi connectivity index (χ3n) is 5.29. The number of ether oxygens (including phenoxy) is 1. The van der Waals surface area contributed by atoms with E-state index < -0.39 is 0 Å². The smallest absolute Gasteiger partial charge is 0.119 e. The zero-order valence-corrected chi connectivity index (χ0v) is 12.1. The van der Waals surface area contributed by atoms with E-state index in [1.54, 1.807) is 7.11 Å². The number of nitrogens with one attached hydrogen (secondary N) is 1. The molecule has 1 aliphatic heterocycles. The second-order valence-electron chi connectivity index (χ2n) is 6.43. The van der Waals surface area contributed by atoms with Crippen LogP contribution in [0.3, 0.4) is 0 Å². The highest BCUT2D eigenvalue weighted by molar-refractivity contribution is 5.36. The van der Waals surface area contributed by atoms with E-state index in [1.807, 2.05) is 0 Å². The summed E-state index contributed by atoms with van der Waals surface area (Å²) in [5.74, 6) is 2.65. The summed E-state index contributed by atoms with van der Waals surface area (Å²) in [6.45, 7) is 4.75. The van der Waals surface area contributed by atoms with Gasteiger partial charge in [0, 0.05) is 5.41 Å². The summed E-state index contributed by atoms with van der Waals surface area (Å²) in [4.78, 5) is 0. The number of hydrogen-bond acceptors (Lipinski definition) is 2. The molecular formula is C17H25NO. The Bertz CT molecular complexity index is 445. The molecule has 0 unspecified atom stereocenters. The van der Waals surface area contributed by atoms with Gasteiger partial charge in [-0.2, -0.15) is 0 Å². The fourth-order valence-corrected chi connectivity index (χ4v) is 4.27. The topological polar surface area (TPSA) is 21.3 Å². The molecule has 2 heteroatoms. The van der Waals surface area contributed by atoms with E-state index in [1.165, 1.54) is 37.8 Å². The second-order valence-corrected chi connectivity index (χ2v) is 6.43. The van der Waals surface area contributed by atoms with E-state index in [0.29, 0.717) is 5.41 Å². The lowest BCUT2D eigenvalue weighted by Crippen LogP contribution is -2.51. The Morgan fingerprint density at radius 1 is 1.32 bits per heavy atom. The number of methoxy groups -OCH3 is 1. The van der Waals surface area contributed by atoms with E-state index in [2.05, 4.69) is 36.5 Å². The maximum absolute atomic E-state index is 5.43. The number of fused-ring (bicyclic) bond motifs is 1. The van der Waals surface area contributed by atoms with Crippen molar-refractivity contribution < 1.29 is 4.74 Å². The molecule has 19 heavy (non-hydrogen) atoms. The first kappa shape index (κ1) is 13.0. The standard InChI is InChI=1S/C17H25NO/c1-13-6-7-15-12-18-9-8-17(15,11-13)14-4-3-5-16(10-14)19-2/h3-5,10,13,15,18H,6-9,11-12H2,1-2H3/t13-,15+,17-/m0/s1. The van der Waals surface area contributed by atoms with Crippen LogP contribution < -0.4 is 10.1 Å². The van der Waals surface area contributed by atoms with Gasteiger partial charge in [0.15, 0.2) is 0 Å². The van der Waals surface area contributed by atoms with Gasteiger partial charge in [-0.1, -0.05) is 25.5 Å². The minimum Gasteiger partial charge on any atom is -0.497 e. The molecule has 0 aromatic heterocycles. The molecule has 3 atom stereocenters. The molecule has 1 heterocycles. The quantitative estimate of drug-likeness (QED) is 0.879. The molecule has 104 valence electrons. The maximum atomic E-state index is 5.43. The molecule has 1 aromatic carbocycles. The molecule has 1 aromatic rings. The van der Waals surface area contributed by atoms with Crippen molar-refractivity contribution in [2.75, 3.05) is 20.2 Å². The Balaban J connectivity index is 2.00. The predicted octanol–water partition coefficient (Wildman–Crippen LogP) is 3.36. The second kappa shape index (κ2) is 5.16. The van der Waals surface area contributed by atoms with Crippen LogP contribution in [0.1, 0.15) is 38.2 Å². The molecule has 0 spiro atoms. The van der Waals surface area contributed by atoms with Crippen molar-refractivity contribution in [3.05, 3.63) is 29.8 Å². The van der Waals surface area contributed by atoms with Crippen molar-refractivity contribution in [1.29, 1.82) is 0 Å². The highest BCUT2D eigenvalue weighted by atomic mass is 16.5. The number of benzene rings is 1. The van der Waals surface area contributed by atoms with Crippen LogP contribution in [-0.4, -0.2) is 20.2 Å². The van der Waals surface area contributed by atoms with Crippen LogP contribution in [0.25, 0.3) is 0 Å². The van der Waals surface area contributed by atoms with Gasteiger partial charge >= 0.3 is 0 Å². The van der Waals surface area contributed by atoms with Gasteiger partial charge in [-0.3, -0.25) is 0 Å². The van der Waals surface area contributed by atoms with E-state index in [0.717, 1.165) is 24.1 Å². The molecular weight excluding hydrogens is 234 g/mol. The third kappa shape index (κ3) is 2.27. The largest absolute Gasteiger partial charge is 0.497 e. The lowest BCUT2D eigenvalue weighted by Gasteiger charge is -2.50. The van der Waals surface area contributed by atoms with Crippen LogP contribution in [0.5, 0.6) is 5.75 Å². The van der Waals surface area contributed by atoms with Crippen LogP contribution >= 0.6 is 0 Å². The average molecular weight is 259 g/mol. The van der Waals surface area contributed by atoms with Gasteiger partial charge in [-0.05, 0) is 61.9 Å². The van der Waals surface area contributed by atoms with E-state index in [9.17, 15) is 0 Å². The average Bonchev–Trinajstić information content (AvgIpc) is 2.47. The first-order valence-electron chi connectivity index (χ1n) is 7.60. The van der Waals surface area contributed by atoms with Gasteiger partial charge in [0.25, 0.3) is 0 Å². The van der Waals surface area contributed by atoms with Crippen LogP contribution in [0.2, 0.25) is 0 Å². The van der Waals surface area contributed by atoms with E-state index >= 15 is 0 Å². The lowest BCUT2D eigenvalue weighted by molar-refractivity contribution is 0.106. The highest BCUT2D eigenvalue weighted by Gasteiger charge is 2.45. The number of piperidine rings is 1. The van der Waals surface area contributed by atoms with Gasteiger partial charge < -0.3 is 10.1 Å². The molecule has 0 amide bonds. The Morgan fingerprint density at radius 3 is 3.05 bits per heavy atom. The predicted molar refractivity (Wildman–Crippen MR) is 78.7 cm³/mol. The minimum absolute atomic E-state index is 0.386. The summed E-state index contributed by atoms with van der Waals surface area (Å²) in [5.41, 5.74) is 1.89. The molecule has 1 saturated carbocycles. The van der Waals surface area contributed by atoms with Crippen molar-refractivity contribution in [1.82, 2.24) is 5.32 Å². The summed E-state index contributed by atoms with van der Waals surface area (Å²) >= 11 is 0. The van der Waals surface area contributed by atoms with E-state index in [-0.39, 0.29) is 0 Å². The molecule has 3 rings (SSSR count). The summed E-state index contributed by atoms with van der Waals surface area (Å²) in [7, 11) is 1.76. The third-order valence-corrected chi connectivity index (χ3v) is 5.29. The van der Waals surface area contributed by atoms with Gasteiger partial charge in [-0.15, -0.1) is 0 Å². The summed E-state index contributed by atoms with van der Waals surface area (Å²) in [5, 5.41) is 3.59. The summed E-state index contributed by atoms with van der Waals surface area (Å²) in [6.07, 6.45) is 5.37. The van der Waals surface area contributed by atoms with Gasteiger partial charge in [0.05, 0.1) is 7.11 Å². The normalized spacial score (nSPS) is 34.6. The minimum atomic E-state index is 0.386. The van der Waals surface area contributed by atoms with Crippen molar-refractivity contribution in [3.8, 4) is 5.75 Å². The van der Waals surface area contributed by atoms with E-state index in [4.69, 9.17) is 4.74 Å². The maximum Gasteiger partial charge on any atom is 0.119 e. The van der Waals surface area contributed by atoms with Crippen molar-refractivity contribution in [2.24, 2.45) is 11.8 Å². The molecule has 1 saturated heterocycles. The van der Waals surface area contributed by atoms with Crippen LogP contribution in [0.4, 0.5) is 0 Å². The number of rotatable bonds is 2. The SMILES string of the molecule is COc1cccc([C@@]23CCNC[C@H]2CC[C@H](C)C3)c1. The van der Waals surface area contributed by atoms with Gasteiger partial charge in [0.2, 0.25) is 0 Å².